The zero-order chi connectivity index (χ0) is 40.4. The summed E-state index contributed by atoms with van der Waals surface area (Å²) >= 11 is 0. The fraction of sp³-hybridized carbons (Fsp3) is 0.415. The number of fused-ring (bicyclic) bond motifs is 2. The highest BCUT2D eigenvalue weighted by molar-refractivity contribution is 5.99. The monoisotopic (exact) mass is 756 g/mol. The molecule has 0 bridgehead atoms. The van der Waals surface area contributed by atoms with Crippen LogP contribution in [0.4, 0.5) is 4.79 Å². The normalized spacial score (nSPS) is 13.6. The van der Waals surface area contributed by atoms with E-state index in [1.165, 1.54) is 30.9 Å². The molecule has 5 N–H and O–H groups in total. The second-order valence-corrected chi connectivity index (χ2v) is 14.8. The quantitative estimate of drug-likeness (QED) is 0.109. The third-order valence-corrected chi connectivity index (χ3v) is 9.16. The number of aromatic amines is 1. The van der Waals surface area contributed by atoms with E-state index in [0.29, 0.717) is 23.8 Å². The van der Waals surface area contributed by atoms with Crippen molar-refractivity contribution in [1.82, 2.24) is 30.7 Å². The number of hydrogen-bond acceptors (Lipinski definition) is 7. The number of rotatable bonds is 16. The van der Waals surface area contributed by atoms with E-state index in [2.05, 4.69) is 20.9 Å². The number of nitrogens with one attached hydrogen (secondary N) is 4. The van der Waals surface area contributed by atoms with Gasteiger partial charge in [0.05, 0.1) is 6.42 Å². The first-order chi connectivity index (χ1) is 26.0. The topological polar surface area (TPSA) is 190 Å². The molecule has 4 rings (SSSR count). The average molecular weight is 757 g/mol. The van der Waals surface area contributed by atoms with Gasteiger partial charge in [-0.1, -0.05) is 80.4 Å². The van der Waals surface area contributed by atoms with Gasteiger partial charge >= 0.3 is 12.1 Å². The molecule has 55 heavy (non-hydrogen) atoms. The van der Waals surface area contributed by atoms with Gasteiger partial charge in [0.1, 0.15) is 29.8 Å². The number of unbranched alkanes of at least 4 members (excludes halogenated alkanes) is 1. The number of ether oxygens (including phenoxy) is 1. The molecule has 0 aliphatic carbocycles. The van der Waals surface area contributed by atoms with E-state index in [1.54, 1.807) is 45.2 Å². The van der Waals surface area contributed by atoms with Crippen LogP contribution in [0.25, 0.3) is 21.7 Å². The molecule has 14 nitrogen and oxygen atoms in total. The van der Waals surface area contributed by atoms with E-state index in [1.807, 2.05) is 55.5 Å². The van der Waals surface area contributed by atoms with Gasteiger partial charge in [0.15, 0.2) is 0 Å². The van der Waals surface area contributed by atoms with Crippen molar-refractivity contribution in [3.8, 4) is 0 Å². The average Bonchev–Trinajstić information content (AvgIpc) is 3.54. The third kappa shape index (κ3) is 11.1. The molecular formula is C41H52N6O8. The van der Waals surface area contributed by atoms with Gasteiger partial charge in [-0.25, -0.2) is 4.79 Å². The van der Waals surface area contributed by atoms with E-state index in [0.717, 1.165) is 21.9 Å². The highest BCUT2D eigenvalue weighted by Crippen LogP contribution is 2.26. The van der Waals surface area contributed by atoms with Crippen LogP contribution < -0.4 is 16.0 Å². The highest BCUT2D eigenvalue weighted by atomic mass is 16.6. The molecule has 0 aliphatic heterocycles. The molecule has 1 aromatic heterocycles. The molecule has 0 radical (unpaired) electrons. The van der Waals surface area contributed by atoms with Crippen LogP contribution in [0.1, 0.15) is 70.5 Å². The lowest BCUT2D eigenvalue weighted by atomic mass is 9.97. The SMILES string of the molecule is CCCC[C@@H](C(=O)N[C@@H](CC(=O)O)C(=O)N[C@H](C(=O)N(C)C)c1cccc2ccccc12)N(C)C(=O)[C@H](Cc1c[nH]c2ccccc12)NC(=O)OC(C)(C)C. The molecule has 0 saturated heterocycles. The van der Waals surface area contributed by atoms with Crippen molar-refractivity contribution < 1.29 is 38.6 Å². The van der Waals surface area contributed by atoms with Gasteiger partial charge in [-0.3, -0.25) is 24.0 Å². The molecule has 0 spiro atoms. The maximum absolute atomic E-state index is 14.3. The number of amides is 5. The van der Waals surface area contributed by atoms with Crippen LogP contribution in [0.3, 0.4) is 0 Å². The number of nitrogens with zero attached hydrogens (tertiary/aromatic N) is 2. The largest absolute Gasteiger partial charge is 0.481 e. The number of likely N-dealkylation sites (N-methyl/N-ethyl adjacent to an activating group) is 2. The van der Waals surface area contributed by atoms with Crippen LogP contribution >= 0.6 is 0 Å². The molecule has 294 valence electrons. The first-order valence-electron chi connectivity index (χ1n) is 18.3. The second-order valence-electron chi connectivity index (χ2n) is 14.8. The highest BCUT2D eigenvalue weighted by Gasteiger charge is 2.36. The minimum Gasteiger partial charge on any atom is -0.481 e. The molecule has 3 aromatic carbocycles. The molecule has 4 atom stereocenters. The summed E-state index contributed by atoms with van der Waals surface area (Å²) in [6.07, 6.45) is 1.56. The fourth-order valence-electron chi connectivity index (χ4n) is 6.40. The van der Waals surface area contributed by atoms with Crippen molar-refractivity contribution in [2.75, 3.05) is 21.1 Å². The van der Waals surface area contributed by atoms with Gasteiger partial charge in [-0.15, -0.1) is 0 Å². The van der Waals surface area contributed by atoms with E-state index in [9.17, 15) is 33.9 Å². The second kappa shape index (κ2) is 18.4. The molecule has 0 aliphatic rings. The Morgan fingerprint density at radius 3 is 2.11 bits per heavy atom. The number of para-hydroxylation sites is 1. The zero-order valence-corrected chi connectivity index (χ0v) is 32.5. The molecule has 0 saturated carbocycles. The summed E-state index contributed by atoms with van der Waals surface area (Å²) in [5.41, 5.74) is 1.24. The lowest BCUT2D eigenvalue weighted by Gasteiger charge is -2.32. The van der Waals surface area contributed by atoms with Gasteiger partial charge in [0.2, 0.25) is 23.6 Å². The number of alkyl carbamates (subject to hydrolysis) is 1. The Bertz CT molecular complexity index is 2010. The van der Waals surface area contributed by atoms with Crippen LogP contribution in [-0.4, -0.2) is 100 Å². The van der Waals surface area contributed by atoms with Crippen molar-refractivity contribution in [2.45, 2.75) is 89.6 Å². The van der Waals surface area contributed by atoms with E-state index in [4.69, 9.17) is 4.74 Å². The smallest absolute Gasteiger partial charge is 0.408 e. The van der Waals surface area contributed by atoms with Gasteiger partial charge in [0, 0.05) is 44.7 Å². The molecule has 0 unspecified atom stereocenters. The van der Waals surface area contributed by atoms with Crippen molar-refractivity contribution in [2.24, 2.45) is 0 Å². The Labute approximate surface area is 321 Å². The number of benzene rings is 3. The van der Waals surface area contributed by atoms with Gasteiger partial charge in [-0.05, 0) is 55.2 Å². The minimum absolute atomic E-state index is 0.0635. The number of aromatic nitrogens is 1. The number of carboxylic acid groups (broad SMARTS) is 1. The molecular weight excluding hydrogens is 704 g/mol. The van der Waals surface area contributed by atoms with Crippen LogP contribution in [0.15, 0.2) is 72.9 Å². The summed E-state index contributed by atoms with van der Waals surface area (Å²) in [7, 11) is 4.51. The number of hydrogen-bond donors (Lipinski definition) is 5. The Balaban J connectivity index is 1.63. The number of carboxylic acids is 1. The summed E-state index contributed by atoms with van der Waals surface area (Å²) in [4.78, 5) is 86.6. The predicted molar refractivity (Wildman–Crippen MR) is 209 cm³/mol. The van der Waals surface area contributed by atoms with Crippen LogP contribution in [0.5, 0.6) is 0 Å². The third-order valence-electron chi connectivity index (χ3n) is 9.16. The van der Waals surface area contributed by atoms with Crippen LogP contribution in [0.2, 0.25) is 0 Å². The van der Waals surface area contributed by atoms with E-state index >= 15 is 0 Å². The Kier molecular flexibility index (Phi) is 14.0. The summed E-state index contributed by atoms with van der Waals surface area (Å²) in [5, 5.41) is 20.2. The number of aliphatic carboxylic acids is 1. The first kappa shape index (κ1) is 41.8. The van der Waals surface area contributed by atoms with Crippen molar-refractivity contribution in [3.63, 3.8) is 0 Å². The number of H-pyrrole nitrogens is 1. The summed E-state index contributed by atoms with van der Waals surface area (Å²) in [5.74, 6) is -4.09. The van der Waals surface area contributed by atoms with E-state index < -0.39 is 71.9 Å². The minimum atomic E-state index is -1.60. The van der Waals surface area contributed by atoms with Gasteiger partial charge in [0.25, 0.3) is 0 Å². The Morgan fingerprint density at radius 1 is 0.800 bits per heavy atom. The maximum Gasteiger partial charge on any atom is 0.408 e. The standard InChI is InChI=1S/C41H52N6O8/c1-8-9-21-33(47(7)38(52)32(44-40(54)55-41(2,3)4)22-26-24-42-30-20-13-12-18-28(26)30)37(51)43-31(23-34(48)49)36(50)45-35(39(53)46(5)6)29-19-14-16-25-15-10-11-17-27(25)29/h10-20,24,31-33,35,42H,8-9,21-23H2,1-7H3,(H,43,51)(H,44,54)(H,45,50)(H,48,49)/t31-,32-,33-,35-/m0/s1. The summed E-state index contributed by atoms with van der Waals surface area (Å²) < 4.78 is 5.48. The fourth-order valence-corrected chi connectivity index (χ4v) is 6.40. The zero-order valence-electron chi connectivity index (χ0n) is 32.5. The van der Waals surface area contributed by atoms with Crippen molar-refractivity contribution >= 4 is 57.4 Å². The molecule has 4 aromatic rings. The Hall–Kier alpha value is -5.92. The lowest BCUT2D eigenvalue weighted by molar-refractivity contribution is -0.144. The molecule has 14 heteroatoms. The summed E-state index contributed by atoms with van der Waals surface area (Å²) in [6, 6.07) is 15.1. The van der Waals surface area contributed by atoms with Crippen molar-refractivity contribution in [1.29, 1.82) is 0 Å². The Morgan fingerprint density at radius 2 is 1.45 bits per heavy atom. The maximum atomic E-state index is 14.3. The van der Waals surface area contributed by atoms with Gasteiger partial charge in [-0.2, -0.15) is 0 Å². The van der Waals surface area contributed by atoms with E-state index in [-0.39, 0.29) is 12.8 Å². The van der Waals surface area contributed by atoms with Gasteiger partial charge < -0.3 is 40.6 Å². The molecule has 1 heterocycles. The predicted octanol–water partition coefficient (Wildman–Crippen LogP) is 4.68. The van der Waals surface area contributed by atoms with Crippen molar-refractivity contribution in [3.05, 3.63) is 84.1 Å². The number of carbonyl (C=O) groups is 6. The van der Waals surface area contributed by atoms with Crippen LogP contribution in [0, 0.1) is 0 Å². The number of carbonyl (C=O) groups excluding carboxylic acids is 5. The molecule has 5 amide bonds. The van der Waals surface area contributed by atoms with Crippen LogP contribution in [-0.2, 0) is 35.1 Å². The first-order valence-corrected chi connectivity index (χ1v) is 18.3. The lowest BCUT2D eigenvalue weighted by Crippen LogP contribution is -2.58. The molecule has 0 fully saturated rings. The summed E-state index contributed by atoms with van der Waals surface area (Å²) in [6.45, 7) is 7.01.